The van der Waals surface area contributed by atoms with E-state index in [9.17, 15) is 13.2 Å². The first-order chi connectivity index (χ1) is 8.37. The van der Waals surface area contributed by atoms with Gasteiger partial charge >= 0.3 is 6.03 Å². The Balaban J connectivity index is 1.91. The zero-order valence-corrected chi connectivity index (χ0v) is 11.6. The third-order valence-corrected chi connectivity index (χ3v) is 5.20. The van der Waals surface area contributed by atoms with E-state index < -0.39 is 9.84 Å². The average Bonchev–Trinajstić information content (AvgIpc) is 2.61. The number of carbonyl (C=O) groups excluding carboxylic acids is 1. The lowest BCUT2D eigenvalue weighted by Crippen LogP contribution is -2.55. The van der Waals surface area contributed by atoms with Crippen molar-refractivity contribution in [3.05, 3.63) is 0 Å². The van der Waals surface area contributed by atoms with Gasteiger partial charge in [0.05, 0.1) is 30.3 Å². The standard InChI is InChI=1S/C11H20N2O4S/c1-8-6-17-9(2)5-13(8)11(14)12-10-3-4-18(15,16)7-10/h8-10H,3-7H2,1-2H3,(H,12,14)/t8-,9+,10+/m0/s1. The molecule has 0 spiro atoms. The number of ether oxygens (including phenoxy) is 1. The van der Waals surface area contributed by atoms with Gasteiger partial charge in [-0.3, -0.25) is 0 Å². The molecule has 7 heteroatoms. The highest BCUT2D eigenvalue weighted by atomic mass is 32.2. The maximum Gasteiger partial charge on any atom is 0.318 e. The van der Waals surface area contributed by atoms with Crippen molar-refractivity contribution in [1.29, 1.82) is 0 Å². The highest BCUT2D eigenvalue weighted by Crippen LogP contribution is 2.14. The molecular weight excluding hydrogens is 256 g/mol. The second-order valence-corrected chi connectivity index (χ2v) is 7.42. The van der Waals surface area contributed by atoms with E-state index in [4.69, 9.17) is 4.74 Å². The summed E-state index contributed by atoms with van der Waals surface area (Å²) in [5.41, 5.74) is 0. The number of hydrogen-bond acceptors (Lipinski definition) is 4. The molecule has 2 amide bonds. The van der Waals surface area contributed by atoms with Gasteiger partial charge in [-0.2, -0.15) is 0 Å². The fourth-order valence-corrected chi connectivity index (χ4v) is 4.03. The Hall–Kier alpha value is -0.820. The van der Waals surface area contributed by atoms with Gasteiger partial charge in [-0.15, -0.1) is 0 Å². The number of rotatable bonds is 1. The van der Waals surface area contributed by atoms with Crippen molar-refractivity contribution in [3.8, 4) is 0 Å². The van der Waals surface area contributed by atoms with Gasteiger partial charge in [0, 0.05) is 12.6 Å². The first-order valence-electron chi connectivity index (χ1n) is 6.26. The molecule has 2 fully saturated rings. The molecule has 0 aliphatic carbocycles. The molecule has 0 aromatic heterocycles. The molecule has 18 heavy (non-hydrogen) atoms. The Morgan fingerprint density at radius 1 is 1.39 bits per heavy atom. The van der Waals surface area contributed by atoms with Crippen LogP contribution in [0.25, 0.3) is 0 Å². The van der Waals surface area contributed by atoms with E-state index in [0.29, 0.717) is 19.6 Å². The molecule has 6 nitrogen and oxygen atoms in total. The topological polar surface area (TPSA) is 75.7 Å². The molecule has 2 heterocycles. The van der Waals surface area contributed by atoms with Crippen molar-refractivity contribution in [3.63, 3.8) is 0 Å². The number of urea groups is 1. The Kier molecular flexibility index (Phi) is 3.82. The van der Waals surface area contributed by atoms with E-state index in [2.05, 4.69) is 5.32 Å². The summed E-state index contributed by atoms with van der Waals surface area (Å²) in [4.78, 5) is 13.8. The van der Waals surface area contributed by atoms with Gasteiger partial charge in [0.1, 0.15) is 0 Å². The Bertz CT molecular complexity index is 423. The summed E-state index contributed by atoms with van der Waals surface area (Å²) in [6, 6.07) is -0.396. The van der Waals surface area contributed by atoms with Crippen LogP contribution in [-0.4, -0.2) is 62.2 Å². The zero-order chi connectivity index (χ0) is 13.3. The number of sulfone groups is 1. The summed E-state index contributed by atoms with van der Waals surface area (Å²) in [6.45, 7) is 4.92. The minimum atomic E-state index is -2.95. The van der Waals surface area contributed by atoms with Crippen LogP contribution in [0.15, 0.2) is 0 Å². The van der Waals surface area contributed by atoms with Crippen LogP contribution in [0.2, 0.25) is 0 Å². The molecule has 1 N–H and O–H groups in total. The van der Waals surface area contributed by atoms with E-state index in [1.807, 2.05) is 13.8 Å². The number of nitrogens with one attached hydrogen (secondary N) is 1. The minimum Gasteiger partial charge on any atom is -0.375 e. The van der Waals surface area contributed by atoms with Gasteiger partial charge < -0.3 is 15.0 Å². The first-order valence-corrected chi connectivity index (χ1v) is 8.08. The molecule has 3 atom stereocenters. The van der Waals surface area contributed by atoms with Crippen LogP contribution in [0.5, 0.6) is 0 Å². The Morgan fingerprint density at radius 3 is 2.72 bits per heavy atom. The van der Waals surface area contributed by atoms with Crippen LogP contribution < -0.4 is 5.32 Å². The van der Waals surface area contributed by atoms with Crippen LogP contribution in [0.1, 0.15) is 20.3 Å². The smallest absolute Gasteiger partial charge is 0.318 e. The van der Waals surface area contributed by atoms with E-state index in [-0.39, 0.29) is 35.7 Å². The second-order valence-electron chi connectivity index (χ2n) is 5.19. The van der Waals surface area contributed by atoms with E-state index in [0.717, 1.165) is 0 Å². The third kappa shape index (κ3) is 3.14. The van der Waals surface area contributed by atoms with Crippen molar-refractivity contribution in [2.24, 2.45) is 0 Å². The number of nitrogens with zero attached hydrogens (tertiary/aromatic N) is 1. The maximum atomic E-state index is 12.1. The first kappa shape index (κ1) is 13.6. The third-order valence-electron chi connectivity index (χ3n) is 3.43. The minimum absolute atomic E-state index is 0.0270. The summed E-state index contributed by atoms with van der Waals surface area (Å²) in [7, 11) is -2.95. The summed E-state index contributed by atoms with van der Waals surface area (Å²) in [5.74, 6) is 0.236. The largest absolute Gasteiger partial charge is 0.375 e. The van der Waals surface area contributed by atoms with E-state index in [1.54, 1.807) is 4.90 Å². The lowest BCUT2D eigenvalue weighted by molar-refractivity contribution is -0.0320. The van der Waals surface area contributed by atoms with Crippen LogP contribution >= 0.6 is 0 Å². The predicted octanol–water partition coefficient (Wildman–Crippen LogP) is -0.00770. The second kappa shape index (κ2) is 5.05. The van der Waals surface area contributed by atoms with Crippen molar-refractivity contribution in [2.45, 2.75) is 38.5 Å². The maximum absolute atomic E-state index is 12.1. The van der Waals surface area contributed by atoms with Gasteiger partial charge in [0.2, 0.25) is 0 Å². The molecule has 0 saturated carbocycles. The van der Waals surface area contributed by atoms with Gasteiger partial charge in [-0.25, -0.2) is 13.2 Å². The SMILES string of the molecule is C[C@@H]1CN(C(=O)N[C@@H]2CCS(=O)(=O)C2)[C@@H](C)CO1. The Morgan fingerprint density at radius 2 is 2.11 bits per heavy atom. The van der Waals surface area contributed by atoms with Gasteiger partial charge in [-0.1, -0.05) is 0 Å². The molecular formula is C11H20N2O4S. The predicted molar refractivity (Wildman–Crippen MR) is 67.2 cm³/mol. The highest BCUT2D eigenvalue weighted by Gasteiger charge is 2.33. The van der Waals surface area contributed by atoms with Gasteiger partial charge in [-0.05, 0) is 20.3 Å². The summed E-state index contributed by atoms with van der Waals surface area (Å²) < 4.78 is 28.1. The molecule has 0 radical (unpaired) electrons. The normalized spacial score (nSPS) is 35.4. The fourth-order valence-electron chi connectivity index (χ4n) is 2.35. The number of amides is 2. The number of carbonyl (C=O) groups is 1. The highest BCUT2D eigenvalue weighted by molar-refractivity contribution is 7.91. The van der Waals surface area contributed by atoms with Gasteiger partial charge in [0.15, 0.2) is 9.84 Å². The van der Waals surface area contributed by atoms with Crippen LogP contribution in [-0.2, 0) is 14.6 Å². The molecule has 2 saturated heterocycles. The average molecular weight is 276 g/mol. The fraction of sp³-hybridized carbons (Fsp3) is 0.909. The molecule has 0 aromatic rings. The van der Waals surface area contributed by atoms with Crippen molar-refractivity contribution < 1.29 is 17.9 Å². The summed E-state index contributed by atoms with van der Waals surface area (Å²) >= 11 is 0. The Labute approximate surface area is 108 Å². The monoisotopic (exact) mass is 276 g/mol. The van der Waals surface area contributed by atoms with Crippen LogP contribution in [0, 0.1) is 0 Å². The van der Waals surface area contributed by atoms with Crippen molar-refractivity contribution in [2.75, 3.05) is 24.7 Å². The van der Waals surface area contributed by atoms with Crippen molar-refractivity contribution >= 4 is 15.9 Å². The summed E-state index contributed by atoms with van der Waals surface area (Å²) in [5, 5.41) is 2.81. The van der Waals surface area contributed by atoms with Crippen LogP contribution in [0.3, 0.4) is 0 Å². The van der Waals surface area contributed by atoms with Crippen LogP contribution in [0.4, 0.5) is 4.79 Å². The lowest BCUT2D eigenvalue weighted by Gasteiger charge is -2.37. The molecule has 0 aromatic carbocycles. The molecule has 0 unspecified atom stereocenters. The van der Waals surface area contributed by atoms with Crippen molar-refractivity contribution in [1.82, 2.24) is 10.2 Å². The molecule has 2 aliphatic heterocycles. The number of hydrogen-bond donors (Lipinski definition) is 1. The van der Waals surface area contributed by atoms with E-state index >= 15 is 0 Å². The molecule has 104 valence electrons. The summed E-state index contributed by atoms with van der Waals surface area (Å²) in [6.07, 6.45) is 0.543. The quantitative estimate of drug-likeness (QED) is 0.731. The van der Waals surface area contributed by atoms with Gasteiger partial charge in [0.25, 0.3) is 0 Å². The zero-order valence-electron chi connectivity index (χ0n) is 10.8. The molecule has 2 aliphatic rings. The lowest BCUT2D eigenvalue weighted by atomic mass is 10.2. The van der Waals surface area contributed by atoms with E-state index in [1.165, 1.54) is 0 Å². The number of morpholine rings is 1. The molecule has 2 rings (SSSR count). The molecule has 0 bridgehead atoms.